The maximum absolute atomic E-state index is 13.1. The standard InChI is InChI=1S/C24H26N6OS/c1-19-10-12-21(13-11-19)30-23(28-15-5-6-16-28)26-27-24(30)32-18-22(31)29(17-7-14-25)20-8-3-2-4-9-20/h2-4,8-13H,5-7,15-18H2,1H3. The highest BCUT2D eigenvalue weighted by Gasteiger charge is 2.24. The van der Waals surface area contributed by atoms with Crippen LogP contribution in [-0.2, 0) is 4.79 Å². The summed E-state index contributed by atoms with van der Waals surface area (Å²) < 4.78 is 2.05. The SMILES string of the molecule is Cc1ccc(-n2c(SCC(=O)N(CCC#N)c3ccccc3)nnc2N2CCCC2)cc1. The lowest BCUT2D eigenvalue weighted by molar-refractivity contribution is -0.116. The highest BCUT2D eigenvalue weighted by molar-refractivity contribution is 7.99. The van der Waals surface area contributed by atoms with Gasteiger partial charge in [0.15, 0.2) is 5.16 Å². The number of benzene rings is 2. The molecule has 4 rings (SSSR count). The van der Waals surface area contributed by atoms with Gasteiger partial charge in [0.2, 0.25) is 11.9 Å². The molecule has 0 unspecified atom stereocenters. The third kappa shape index (κ3) is 4.94. The monoisotopic (exact) mass is 446 g/mol. The minimum absolute atomic E-state index is 0.0578. The van der Waals surface area contributed by atoms with Crippen molar-refractivity contribution in [1.82, 2.24) is 14.8 Å². The van der Waals surface area contributed by atoms with Gasteiger partial charge in [0.05, 0.1) is 23.9 Å². The molecule has 0 bridgehead atoms. The first-order valence-electron chi connectivity index (χ1n) is 10.8. The van der Waals surface area contributed by atoms with Crippen molar-refractivity contribution in [3.63, 3.8) is 0 Å². The Hall–Kier alpha value is -3.31. The molecule has 8 heteroatoms. The number of nitrogens with zero attached hydrogens (tertiary/aromatic N) is 6. The molecule has 32 heavy (non-hydrogen) atoms. The van der Waals surface area contributed by atoms with Crippen molar-refractivity contribution in [2.75, 3.05) is 35.2 Å². The lowest BCUT2D eigenvalue weighted by Crippen LogP contribution is -2.33. The van der Waals surface area contributed by atoms with Crippen LogP contribution < -0.4 is 9.80 Å². The van der Waals surface area contributed by atoms with E-state index in [1.807, 2.05) is 34.9 Å². The van der Waals surface area contributed by atoms with E-state index in [2.05, 4.69) is 52.4 Å². The van der Waals surface area contributed by atoms with Crippen molar-refractivity contribution in [1.29, 1.82) is 5.26 Å². The Balaban J connectivity index is 1.57. The molecule has 0 spiro atoms. The predicted octanol–water partition coefficient (Wildman–Crippen LogP) is 4.21. The number of hydrogen-bond acceptors (Lipinski definition) is 6. The molecule has 7 nitrogen and oxygen atoms in total. The first-order chi connectivity index (χ1) is 15.7. The summed E-state index contributed by atoms with van der Waals surface area (Å²) in [4.78, 5) is 17.0. The van der Waals surface area contributed by atoms with Gasteiger partial charge in [-0.2, -0.15) is 5.26 Å². The second kappa shape index (κ2) is 10.3. The summed E-state index contributed by atoms with van der Waals surface area (Å²) in [6, 6.07) is 19.9. The van der Waals surface area contributed by atoms with E-state index in [1.54, 1.807) is 4.90 Å². The molecule has 0 aliphatic carbocycles. The average Bonchev–Trinajstić information content (AvgIpc) is 3.49. The van der Waals surface area contributed by atoms with Crippen molar-refractivity contribution in [2.24, 2.45) is 0 Å². The van der Waals surface area contributed by atoms with Gasteiger partial charge < -0.3 is 9.80 Å². The third-order valence-corrected chi connectivity index (χ3v) is 6.35. The number of carbonyl (C=O) groups excluding carboxylic acids is 1. The second-order valence-electron chi connectivity index (χ2n) is 7.73. The third-order valence-electron chi connectivity index (χ3n) is 5.44. The van der Waals surface area contributed by atoms with Gasteiger partial charge >= 0.3 is 0 Å². The van der Waals surface area contributed by atoms with Gasteiger partial charge in [0.25, 0.3) is 0 Å². The van der Waals surface area contributed by atoms with E-state index < -0.39 is 0 Å². The Labute approximate surface area is 192 Å². The van der Waals surface area contributed by atoms with Crippen LogP contribution in [-0.4, -0.2) is 46.1 Å². The molecule has 164 valence electrons. The van der Waals surface area contributed by atoms with Crippen molar-refractivity contribution in [3.05, 3.63) is 60.2 Å². The van der Waals surface area contributed by atoms with Gasteiger partial charge in [-0.1, -0.05) is 47.7 Å². The number of nitriles is 1. The van der Waals surface area contributed by atoms with Crippen LogP contribution in [0.3, 0.4) is 0 Å². The summed E-state index contributed by atoms with van der Waals surface area (Å²) in [5.74, 6) is 0.980. The minimum atomic E-state index is -0.0578. The number of rotatable bonds is 8. The Morgan fingerprint density at radius 1 is 1.09 bits per heavy atom. The predicted molar refractivity (Wildman–Crippen MR) is 127 cm³/mol. The molecule has 1 fully saturated rings. The van der Waals surface area contributed by atoms with Gasteiger partial charge in [0, 0.05) is 25.3 Å². The molecule has 0 atom stereocenters. The lowest BCUT2D eigenvalue weighted by Gasteiger charge is -2.22. The summed E-state index contributed by atoms with van der Waals surface area (Å²) in [5, 5.41) is 18.6. The van der Waals surface area contributed by atoms with Gasteiger partial charge in [-0.3, -0.25) is 9.36 Å². The average molecular weight is 447 g/mol. The van der Waals surface area contributed by atoms with Gasteiger partial charge in [-0.15, -0.1) is 10.2 Å². The fraction of sp³-hybridized carbons (Fsp3) is 0.333. The van der Waals surface area contributed by atoms with Crippen LogP contribution in [0.4, 0.5) is 11.6 Å². The van der Waals surface area contributed by atoms with Crippen LogP contribution in [0.15, 0.2) is 59.8 Å². The Morgan fingerprint density at radius 3 is 2.50 bits per heavy atom. The summed E-state index contributed by atoms with van der Waals surface area (Å²) in [6.45, 7) is 4.35. The quantitative estimate of drug-likeness (QED) is 0.482. The number of para-hydroxylation sites is 1. The molecule has 0 N–H and O–H groups in total. The highest BCUT2D eigenvalue weighted by Crippen LogP contribution is 2.29. The molecule has 2 aromatic carbocycles. The van der Waals surface area contributed by atoms with Crippen molar-refractivity contribution < 1.29 is 4.79 Å². The smallest absolute Gasteiger partial charge is 0.237 e. The maximum atomic E-state index is 13.1. The van der Waals surface area contributed by atoms with E-state index in [0.717, 1.165) is 43.3 Å². The van der Waals surface area contributed by atoms with Gasteiger partial charge in [-0.05, 0) is 44.0 Å². The topological polar surface area (TPSA) is 78.0 Å². The fourth-order valence-corrected chi connectivity index (χ4v) is 4.59. The fourth-order valence-electron chi connectivity index (χ4n) is 3.77. The van der Waals surface area contributed by atoms with E-state index in [0.29, 0.717) is 11.7 Å². The minimum Gasteiger partial charge on any atom is -0.341 e. The second-order valence-corrected chi connectivity index (χ2v) is 8.67. The zero-order valence-electron chi connectivity index (χ0n) is 18.1. The molecule has 1 aliphatic rings. The Bertz CT molecular complexity index is 1080. The van der Waals surface area contributed by atoms with E-state index in [-0.39, 0.29) is 18.1 Å². The van der Waals surface area contributed by atoms with Crippen LogP contribution in [0.5, 0.6) is 0 Å². The van der Waals surface area contributed by atoms with Crippen LogP contribution in [0.25, 0.3) is 5.69 Å². The zero-order valence-corrected chi connectivity index (χ0v) is 19.0. The largest absolute Gasteiger partial charge is 0.341 e. The summed E-state index contributed by atoms with van der Waals surface area (Å²) >= 11 is 1.38. The molecule has 0 radical (unpaired) electrons. The van der Waals surface area contributed by atoms with Crippen molar-refractivity contribution >= 4 is 29.3 Å². The van der Waals surface area contributed by atoms with Crippen LogP contribution >= 0.6 is 11.8 Å². The van der Waals surface area contributed by atoms with E-state index in [9.17, 15) is 4.79 Å². The molecule has 1 aliphatic heterocycles. The van der Waals surface area contributed by atoms with E-state index in [1.165, 1.54) is 17.3 Å². The number of amides is 1. The first kappa shape index (κ1) is 21.9. The first-order valence-corrected chi connectivity index (χ1v) is 11.8. The van der Waals surface area contributed by atoms with Crippen molar-refractivity contribution in [2.45, 2.75) is 31.3 Å². The normalized spacial score (nSPS) is 13.2. The molecule has 0 saturated carbocycles. The summed E-state index contributed by atoms with van der Waals surface area (Å²) in [5.41, 5.74) is 2.97. The van der Waals surface area contributed by atoms with Crippen LogP contribution in [0, 0.1) is 18.3 Å². The Morgan fingerprint density at radius 2 is 1.81 bits per heavy atom. The molecule has 1 amide bonds. The molecule has 1 aromatic heterocycles. The van der Waals surface area contributed by atoms with Crippen molar-refractivity contribution in [3.8, 4) is 11.8 Å². The number of aryl methyl sites for hydroxylation is 1. The molecular weight excluding hydrogens is 420 g/mol. The Kier molecular flexibility index (Phi) is 7.07. The number of thioether (sulfide) groups is 1. The van der Waals surface area contributed by atoms with Gasteiger partial charge in [-0.25, -0.2) is 0 Å². The van der Waals surface area contributed by atoms with E-state index in [4.69, 9.17) is 5.26 Å². The van der Waals surface area contributed by atoms with Crippen LogP contribution in [0.2, 0.25) is 0 Å². The molecule has 3 aromatic rings. The summed E-state index contributed by atoms with van der Waals surface area (Å²) in [7, 11) is 0. The zero-order chi connectivity index (χ0) is 22.3. The number of anilines is 2. The molecule has 2 heterocycles. The number of carbonyl (C=O) groups is 1. The van der Waals surface area contributed by atoms with E-state index >= 15 is 0 Å². The highest BCUT2D eigenvalue weighted by atomic mass is 32.2. The number of hydrogen-bond donors (Lipinski definition) is 0. The van der Waals surface area contributed by atoms with Gasteiger partial charge in [0.1, 0.15) is 0 Å². The van der Waals surface area contributed by atoms with Crippen LogP contribution in [0.1, 0.15) is 24.8 Å². The molecular formula is C24H26N6OS. The summed E-state index contributed by atoms with van der Waals surface area (Å²) in [6.07, 6.45) is 2.57. The lowest BCUT2D eigenvalue weighted by atomic mass is 10.2. The maximum Gasteiger partial charge on any atom is 0.237 e. The molecule has 1 saturated heterocycles. The number of aromatic nitrogens is 3.